The standard InChI is InChI=1S/C18H20O4Se.C17H18O5Se/c1-13-9-14(11-23-15-7-5-4-6-8-15)17(18(19)21-3)16(10-13)22-12-20-2;1-20-11-22-15-9-13(18)8-12(16(15)17(19)21-2)10-23-14-6-4-3-5-7-14/h4-10H,11-12H2,1-3H3;3-9,18H,10-11H2,1-2H3. The van der Waals surface area contributed by atoms with Crippen molar-refractivity contribution in [3.8, 4) is 17.2 Å². The fraction of sp³-hybridized carbons (Fsp3) is 0.257. The van der Waals surface area contributed by atoms with Crippen LogP contribution < -0.4 is 18.4 Å². The van der Waals surface area contributed by atoms with E-state index in [1.165, 1.54) is 36.3 Å². The number of methoxy groups -OCH3 is 4. The quantitative estimate of drug-likeness (QED) is 0.116. The molecule has 244 valence electrons. The molecule has 0 bridgehead atoms. The van der Waals surface area contributed by atoms with Gasteiger partial charge in [-0.05, 0) is 0 Å². The van der Waals surface area contributed by atoms with Crippen molar-refractivity contribution in [1.82, 2.24) is 0 Å². The number of phenols is 1. The van der Waals surface area contributed by atoms with E-state index in [0.717, 1.165) is 16.4 Å². The van der Waals surface area contributed by atoms with Gasteiger partial charge in [0.15, 0.2) is 0 Å². The van der Waals surface area contributed by atoms with Crippen LogP contribution in [-0.2, 0) is 29.6 Å². The molecule has 4 rings (SSSR count). The summed E-state index contributed by atoms with van der Waals surface area (Å²) in [5.74, 6) is -0.0531. The molecule has 0 saturated carbocycles. The van der Waals surface area contributed by atoms with Crippen LogP contribution in [0.2, 0.25) is 0 Å². The van der Waals surface area contributed by atoms with Crippen LogP contribution in [0.3, 0.4) is 0 Å². The summed E-state index contributed by atoms with van der Waals surface area (Å²) in [4.78, 5) is 24.3. The Bertz CT molecular complexity index is 1430. The van der Waals surface area contributed by atoms with Gasteiger partial charge in [0.05, 0.1) is 0 Å². The fourth-order valence-electron chi connectivity index (χ4n) is 4.21. The van der Waals surface area contributed by atoms with E-state index in [-0.39, 0.29) is 61.0 Å². The normalized spacial score (nSPS) is 10.4. The summed E-state index contributed by atoms with van der Waals surface area (Å²) in [6.07, 6.45) is 0. The van der Waals surface area contributed by atoms with Crippen molar-refractivity contribution in [2.75, 3.05) is 42.0 Å². The number of rotatable bonds is 14. The molecule has 4 aromatic carbocycles. The second-order valence-electron chi connectivity index (χ2n) is 9.56. The summed E-state index contributed by atoms with van der Waals surface area (Å²) >= 11 is 0.354. The molecule has 0 atom stereocenters. The predicted molar refractivity (Wildman–Crippen MR) is 178 cm³/mol. The number of benzene rings is 4. The van der Waals surface area contributed by atoms with Crippen molar-refractivity contribution in [1.29, 1.82) is 0 Å². The molecule has 1 N–H and O–H groups in total. The molecule has 0 fully saturated rings. The van der Waals surface area contributed by atoms with Crippen molar-refractivity contribution in [2.24, 2.45) is 0 Å². The monoisotopic (exact) mass is 762 g/mol. The Hall–Kier alpha value is -3.82. The Labute approximate surface area is 282 Å². The van der Waals surface area contributed by atoms with Gasteiger partial charge in [0.2, 0.25) is 0 Å². The van der Waals surface area contributed by atoms with Crippen LogP contribution in [0.15, 0.2) is 84.9 Å². The molecule has 0 aliphatic carbocycles. The SMILES string of the molecule is COCOc1cc(C)cc(C[Se]c2ccccc2)c1C(=O)OC.COCOc1cc(O)cc(C[Se]c2ccccc2)c1C(=O)OC. The first-order valence-corrected chi connectivity index (χ1v) is 18.2. The summed E-state index contributed by atoms with van der Waals surface area (Å²) in [5.41, 5.74) is 3.52. The van der Waals surface area contributed by atoms with Gasteiger partial charge in [-0.1, -0.05) is 0 Å². The topological polar surface area (TPSA) is 110 Å². The van der Waals surface area contributed by atoms with E-state index in [9.17, 15) is 14.7 Å². The number of esters is 2. The molecule has 46 heavy (non-hydrogen) atoms. The summed E-state index contributed by atoms with van der Waals surface area (Å²) in [6.45, 7) is 2.06. The van der Waals surface area contributed by atoms with Gasteiger partial charge in [-0.15, -0.1) is 0 Å². The molecule has 0 aromatic heterocycles. The number of ether oxygens (including phenoxy) is 6. The summed E-state index contributed by atoms with van der Waals surface area (Å²) in [7, 11) is 5.74. The van der Waals surface area contributed by atoms with Crippen LogP contribution >= 0.6 is 0 Å². The number of carbonyl (C=O) groups is 2. The van der Waals surface area contributed by atoms with Crippen molar-refractivity contribution in [2.45, 2.75) is 17.6 Å². The van der Waals surface area contributed by atoms with Gasteiger partial charge in [-0.3, -0.25) is 0 Å². The number of aryl methyl sites for hydroxylation is 1. The number of aromatic hydroxyl groups is 1. The van der Waals surface area contributed by atoms with E-state index in [1.54, 1.807) is 13.2 Å². The van der Waals surface area contributed by atoms with Gasteiger partial charge < -0.3 is 0 Å². The number of hydrogen-bond donors (Lipinski definition) is 1. The number of hydrogen-bond acceptors (Lipinski definition) is 9. The Morgan fingerprint density at radius 1 is 0.630 bits per heavy atom. The van der Waals surface area contributed by atoms with Gasteiger partial charge in [0, 0.05) is 0 Å². The second-order valence-corrected chi connectivity index (χ2v) is 14.0. The molecule has 0 aliphatic heterocycles. The first kappa shape index (κ1) is 36.6. The molecule has 0 unspecified atom stereocenters. The molecule has 0 spiro atoms. The Balaban J connectivity index is 0.000000250. The van der Waals surface area contributed by atoms with Crippen molar-refractivity contribution in [3.05, 3.63) is 113 Å². The average Bonchev–Trinajstić information content (AvgIpc) is 3.08. The predicted octanol–water partition coefficient (Wildman–Crippen LogP) is 3.99. The second kappa shape index (κ2) is 19.6. The number of phenolic OH excluding ortho intramolecular Hbond substituents is 1. The third kappa shape index (κ3) is 11.2. The van der Waals surface area contributed by atoms with E-state index in [2.05, 4.69) is 12.1 Å². The molecule has 4 aromatic rings. The maximum atomic E-state index is 12.2. The van der Waals surface area contributed by atoms with Gasteiger partial charge in [0.1, 0.15) is 0 Å². The minimum atomic E-state index is -0.491. The molecule has 11 heteroatoms. The fourth-order valence-corrected chi connectivity index (χ4v) is 7.98. The van der Waals surface area contributed by atoms with Gasteiger partial charge in [-0.25, -0.2) is 0 Å². The van der Waals surface area contributed by atoms with E-state index in [1.807, 2.05) is 67.6 Å². The zero-order chi connectivity index (χ0) is 33.3. The first-order valence-electron chi connectivity index (χ1n) is 14.1. The minimum absolute atomic E-state index is 0.0171. The Morgan fingerprint density at radius 2 is 1.07 bits per heavy atom. The molecule has 0 radical (unpaired) electrons. The Kier molecular flexibility index (Phi) is 15.6. The molecule has 0 aliphatic rings. The van der Waals surface area contributed by atoms with Crippen LogP contribution in [0, 0.1) is 6.92 Å². The molecular weight excluding hydrogens is 722 g/mol. The third-order valence-corrected chi connectivity index (χ3v) is 10.7. The molecule has 9 nitrogen and oxygen atoms in total. The molecular formula is C35H38O9Se2. The van der Waals surface area contributed by atoms with Crippen LogP contribution in [0.4, 0.5) is 0 Å². The van der Waals surface area contributed by atoms with Crippen molar-refractivity contribution >= 4 is 50.8 Å². The van der Waals surface area contributed by atoms with E-state index >= 15 is 0 Å². The molecule has 0 amide bonds. The summed E-state index contributed by atoms with van der Waals surface area (Å²) < 4.78 is 33.1. The van der Waals surface area contributed by atoms with Crippen LogP contribution in [-0.4, -0.2) is 89.0 Å². The van der Waals surface area contributed by atoms with Gasteiger partial charge >= 0.3 is 283 Å². The van der Waals surface area contributed by atoms with Crippen molar-refractivity contribution in [3.63, 3.8) is 0 Å². The van der Waals surface area contributed by atoms with E-state index in [4.69, 9.17) is 28.4 Å². The van der Waals surface area contributed by atoms with E-state index in [0.29, 0.717) is 27.8 Å². The zero-order valence-corrected chi connectivity index (χ0v) is 29.9. The molecule has 0 saturated heterocycles. The molecule has 0 heterocycles. The first-order chi connectivity index (χ1) is 22.3. The maximum absolute atomic E-state index is 12.2. The Morgan fingerprint density at radius 3 is 1.50 bits per heavy atom. The van der Waals surface area contributed by atoms with Crippen molar-refractivity contribution < 1.29 is 43.1 Å². The van der Waals surface area contributed by atoms with Gasteiger partial charge in [0.25, 0.3) is 0 Å². The third-order valence-electron chi connectivity index (χ3n) is 6.22. The van der Waals surface area contributed by atoms with Crippen LogP contribution in [0.5, 0.6) is 17.2 Å². The van der Waals surface area contributed by atoms with Crippen LogP contribution in [0.25, 0.3) is 0 Å². The number of carbonyl (C=O) groups excluding carboxylic acids is 2. The van der Waals surface area contributed by atoms with Gasteiger partial charge in [-0.2, -0.15) is 0 Å². The summed E-state index contributed by atoms with van der Waals surface area (Å²) in [6, 6.07) is 27.1. The zero-order valence-electron chi connectivity index (χ0n) is 26.4. The van der Waals surface area contributed by atoms with Crippen LogP contribution in [0.1, 0.15) is 37.4 Å². The van der Waals surface area contributed by atoms with E-state index < -0.39 is 5.97 Å². The summed E-state index contributed by atoms with van der Waals surface area (Å²) in [5, 5.41) is 11.3. The average molecular weight is 761 g/mol.